The van der Waals surface area contributed by atoms with E-state index in [0.29, 0.717) is 42.7 Å². The highest BCUT2D eigenvalue weighted by atomic mass is 16.5. The lowest BCUT2D eigenvalue weighted by atomic mass is 10.2. The van der Waals surface area contributed by atoms with Gasteiger partial charge in [-0.05, 0) is 13.0 Å². The highest BCUT2D eigenvalue weighted by molar-refractivity contribution is 6.01. The average Bonchev–Trinajstić information content (AvgIpc) is 2.61. The first-order valence-corrected chi connectivity index (χ1v) is 6.86. The number of ether oxygens (including phenoxy) is 1. The molecule has 5 N–H and O–H groups in total. The van der Waals surface area contributed by atoms with Gasteiger partial charge in [0.15, 0.2) is 0 Å². The van der Waals surface area contributed by atoms with Crippen LogP contribution in [0.25, 0.3) is 0 Å². The van der Waals surface area contributed by atoms with E-state index in [9.17, 15) is 0 Å². The van der Waals surface area contributed by atoms with Crippen molar-refractivity contribution in [3.63, 3.8) is 0 Å². The number of rotatable bonds is 2. The van der Waals surface area contributed by atoms with Crippen molar-refractivity contribution in [1.29, 1.82) is 5.41 Å². The van der Waals surface area contributed by atoms with Crippen LogP contribution >= 0.6 is 0 Å². The Kier molecular flexibility index (Phi) is 3.50. The average molecular weight is 299 g/mol. The summed E-state index contributed by atoms with van der Waals surface area (Å²) >= 11 is 0. The Morgan fingerprint density at radius 3 is 2.91 bits per heavy atom. The number of aromatic nitrogens is 3. The van der Waals surface area contributed by atoms with Gasteiger partial charge in [0.25, 0.3) is 0 Å². The number of nitrogens with two attached hydrogens (primary N) is 2. The van der Waals surface area contributed by atoms with Gasteiger partial charge in [0.1, 0.15) is 35.4 Å². The molecule has 3 rings (SSSR count). The number of nitrogens with zero attached hydrogens (tertiary/aromatic N) is 4. The number of anilines is 3. The van der Waals surface area contributed by atoms with Crippen molar-refractivity contribution in [1.82, 2.24) is 15.0 Å². The Morgan fingerprint density at radius 2 is 2.14 bits per heavy atom. The minimum atomic E-state index is -0.00541. The fourth-order valence-electron chi connectivity index (χ4n) is 2.41. The predicted molar refractivity (Wildman–Crippen MR) is 83.7 cm³/mol. The van der Waals surface area contributed by atoms with Crippen LogP contribution in [0, 0.1) is 12.3 Å². The smallest absolute Gasteiger partial charge is 0.220 e. The quantitative estimate of drug-likeness (QED) is 0.745. The maximum Gasteiger partial charge on any atom is 0.220 e. The van der Waals surface area contributed by atoms with E-state index in [-0.39, 0.29) is 11.7 Å². The minimum Gasteiger partial charge on any atom is -0.476 e. The summed E-state index contributed by atoms with van der Waals surface area (Å²) in [5.74, 6) is 1.86. The number of aryl methyl sites for hydroxylation is 1. The first-order valence-electron chi connectivity index (χ1n) is 6.86. The molecule has 22 heavy (non-hydrogen) atoms. The Hall–Kier alpha value is -2.90. The van der Waals surface area contributed by atoms with E-state index in [4.69, 9.17) is 21.6 Å². The summed E-state index contributed by atoms with van der Waals surface area (Å²) in [6.07, 6.45) is 1.65. The molecule has 0 spiro atoms. The second-order valence-corrected chi connectivity index (χ2v) is 5.00. The third kappa shape index (κ3) is 2.50. The van der Waals surface area contributed by atoms with Gasteiger partial charge in [0.2, 0.25) is 5.90 Å². The van der Waals surface area contributed by atoms with Crippen molar-refractivity contribution in [2.24, 2.45) is 0 Å². The first kappa shape index (κ1) is 14.1. The number of hydrogen-bond donors (Lipinski definition) is 3. The monoisotopic (exact) mass is 299 g/mol. The van der Waals surface area contributed by atoms with Crippen LogP contribution in [0.2, 0.25) is 0 Å². The molecule has 114 valence electrons. The van der Waals surface area contributed by atoms with Gasteiger partial charge >= 0.3 is 0 Å². The summed E-state index contributed by atoms with van der Waals surface area (Å²) in [5, 5.41) is 7.99. The lowest BCUT2D eigenvalue weighted by Crippen LogP contribution is -2.27. The maximum atomic E-state index is 7.99. The summed E-state index contributed by atoms with van der Waals surface area (Å²) < 4.78 is 5.38. The molecule has 2 aromatic heterocycles. The molecular weight excluding hydrogens is 282 g/mol. The van der Waals surface area contributed by atoms with Gasteiger partial charge in [-0.1, -0.05) is 6.07 Å². The van der Waals surface area contributed by atoms with Crippen LogP contribution in [-0.4, -0.2) is 34.0 Å². The molecule has 0 aliphatic carbocycles. The predicted octanol–water partition coefficient (Wildman–Crippen LogP) is 0.707. The van der Waals surface area contributed by atoms with Crippen LogP contribution in [0.3, 0.4) is 0 Å². The third-order valence-electron chi connectivity index (χ3n) is 3.45. The van der Waals surface area contributed by atoms with E-state index in [1.54, 1.807) is 13.1 Å². The summed E-state index contributed by atoms with van der Waals surface area (Å²) in [5.41, 5.74) is 13.2. The van der Waals surface area contributed by atoms with Crippen LogP contribution in [0.5, 0.6) is 0 Å². The molecule has 1 aliphatic rings. The molecule has 3 heterocycles. The lowest BCUT2D eigenvalue weighted by Gasteiger charge is -2.23. The molecule has 2 aromatic rings. The highest BCUT2D eigenvalue weighted by Crippen LogP contribution is 2.27. The molecule has 1 aliphatic heterocycles. The highest BCUT2D eigenvalue weighted by Gasteiger charge is 2.25. The summed E-state index contributed by atoms with van der Waals surface area (Å²) in [6.45, 7) is 3.22. The number of pyridine rings is 1. The largest absolute Gasteiger partial charge is 0.476 e. The van der Waals surface area contributed by atoms with Gasteiger partial charge < -0.3 is 21.1 Å². The molecule has 8 nitrogen and oxygen atoms in total. The third-order valence-corrected chi connectivity index (χ3v) is 3.45. The van der Waals surface area contributed by atoms with Crippen molar-refractivity contribution in [2.45, 2.75) is 13.5 Å². The summed E-state index contributed by atoms with van der Waals surface area (Å²) in [6, 6.07) is 3.75. The molecule has 0 atom stereocenters. The van der Waals surface area contributed by atoms with Gasteiger partial charge in [-0.15, -0.1) is 0 Å². The Bertz CT molecular complexity index is 731. The van der Waals surface area contributed by atoms with E-state index in [0.717, 1.165) is 5.56 Å². The Labute approximate surface area is 127 Å². The van der Waals surface area contributed by atoms with E-state index in [1.165, 1.54) is 0 Å². The lowest BCUT2D eigenvalue weighted by molar-refractivity contribution is 0.314. The molecule has 0 amide bonds. The van der Waals surface area contributed by atoms with Crippen LogP contribution < -0.4 is 16.4 Å². The Balaban J connectivity index is 2.05. The number of hydrogen-bond acceptors (Lipinski definition) is 8. The van der Waals surface area contributed by atoms with Gasteiger partial charge in [-0.2, -0.15) is 0 Å². The molecule has 8 heteroatoms. The topological polar surface area (TPSA) is 127 Å². The summed E-state index contributed by atoms with van der Waals surface area (Å²) in [4.78, 5) is 14.6. The zero-order valence-electron chi connectivity index (χ0n) is 12.2. The fraction of sp³-hybridized carbons (Fsp3) is 0.286. The van der Waals surface area contributed by atoms with Crippen molar-refractivity contribution >= 4 is 23.4 Å². The second kappa shape index (κ2) is 5.47. The molecular formula is C14H17N7O. The van der Waals surface area contributed by atoms with Crippen molar-refractivity contribution in [2.75, 3.05) is 29.5 Å². The number of nitrogen functional groups attached to an aromatic ring is 2. The molecule has 0 saturated heterocycles. The van der Waals surface area contributed by atoms with E-state index < -0.39 is 0 Å². The van der Waals surface area contributed by atoms with Gasteiger partial charge in [0.05, 0.1) is 6.54 Å². The molecule has 0 fully saturated rings. The molecule has 0 bridgehead atoms. The Morgan fingerprint density at radius 1 is 1.32 bits per heavy atom. The maximum absolute atomic E-state index is 7.99. The zero-order valence-corrected chi connectivity index (χ0v) is 12.2. The van der Waals surface area contributed by atoms with Gasteiger partial charge in [-0.25, -0.2) is 15.0 Å². The normalized spacial score (nSPS) is 14.2. The number of nitrogens with one attached hydrogen (secondary N) is 1. The minimum absolute atomic E-state index is 0.00541. The molecule has 0 radical (unpaired) electrons. The molecule has 0 unspecified atom stereocenters. The SMILES string of the molecule is Cc1nc(N)c2c(n1)N(Cc1cccnc1N)CCOC2=N. The van der Waals surface area contributed by atoms with Crippen molar-refractivity contribution in [3.05, 3.63) is 35.3 Å². The first-order chi connectivity index (χ1) is 10.6. The van der Waals surface area contributed by atoms with Crippen LogP contribution in [0.15, 0.2) is 18.3 Å². The van der Waals surface area contributed by atoms with E-state index in [1.807, 2.05) is 17.0 Å². The fourth-order valence-corrected chi connectivity index (χ4v) is 2.41. The van der Waals surface area contributed by atoms with Crippen LogP contribution in [0.4, 0.5) is 17.5 Å². The standard InChI is InChI=1S/C14H17N7O/c1-8-19-12(16)10-13(17)22-6-5-21(14(10)20-8)7-9-3-2-4-18-11(9)15/h2-4,17H,5-7H2,1H3,(H2,15,18)(H2,16,19,20). The van der Waals surface area contributed by atoms with Crippen LogP contribution in [0.1, 0.15) is 17.0 Å². The summed E-state index contributed by atoms with van der Waals surface area (Å²) in [7, 11) is 0. The number of fused-ring (bicyclic) bond motifs is 1. The van der Waals surface area contributed by atoms with Gasteiger partial charge in [-0.3, -0.25) is 5.41 Å². The van der Waals surface area contributed by atoms with Crippen LogP contribution in [-0.2, 0) is 11.3 Å². The van der Waals surface area contributed by atoms with Crippen molar-refractivity contribution < 1.29 is 4.74 Å². The molecule has 0 saturated carbocycles. The molecule has 0 aromatic carbocycles. The zero-order chi connectivity index (χ0) is 15.7. The second-order valence-electron chi connectivity index (χ2n) is 5.00. The van der Waals surface area contributed by atoms with Crippen molar-refractivity contribution in [3.8, 4) is 0 Å². The van der Waals surface area contributed by atoms with E-state index >= 15 is 0 Å². The van der Waals surface area contributed by atoms with Gasteiger partial charge in [0, 0.05) is 18.3 Å². The van der Waals surface area contributed by atoms with E-state index in [2.05, 4.69) is 15.0 Å².